The highest BCUT2D eigenvalue weighted by Crippen LogP contribution is 2.37. The number of ether oxygens (including phenoxy) is 1. The number of nitrogens with zero attached hydrogens (tertiary/aromatic N) is 2. The molecule has 0 spiro atoms. The van der Waals surface area contributed by atoms with Crippen LogP contribution in [0.5, 0.6) is 5.75 Å². The minimum absolute atomic E-state index is 0.0658. The third kappa shape index (κ3) is 4.64. The van der Waals surface area contributed by atoms with Gasteiger partial charge in [-0.1, -0.05) is 37.3 Å². The van der Waals surface area contributed by atoms with Crippen LogP contribution in [0.3, 0.4) is 0 Å². The second-order valence-electron chi connectivity index (χ2n) is 8.35. The molecule has 1 aliphatic carbocycles. The average Bonchev–Trinajstić information content (AvgIpc) is 2.77. The molecule has 1 atom stereocenters. The average molecular weight is 408 g/mol. The molecule has 2 aromatic rings. The van der Waals surface area contributed by atoms with Crippen molar-refractivity contribution in [3.05, 3.63) is 54.2 Å². The maximum atomic E-state index is 13.2. The minimum atomic E-state index is -0.694. The van der Waals surface area contributed by atoms with E-state index in [1.807, 2.05) is 36.4 Å². The lowest BCUT2D eigenvalue weighted by atomic mass is 9.87. The summed E-state index contributed by atoms with van der Waals surface area (Å²) in [4.78, 5) is 31.6. The molecule has 1 unspecified atom stereocenters. The first-order valence-corrected chi connectivity index (χ1v) is 10.9. The lowest BCUT2D eigenvalue weighted by Gasteiger charge is -2.33. The van der Waals surface area contributed by atoms with Crippen molar-refractivity contribution in [2.75, 3.05) is 11.4 Å². The molecular formula is C24H29N3O3. The van der Waals surface area contributed by atoms with Gasteiger partial charge in [0.25, 0.3) is 5.91 Å². The molecule has 1 aromatic heterocycles. The van der Waals surface area contributed by atoms with Crippen LogP contribution in [0.2, 0.25) is 0 Å². The van der Waals surface area contributed by atoms with Crippen molar-refractivity contribution < 1.29 is 14.3 Å². The second kappa shape index (κ2) is 9.28. The number of rotatable bonds is 6. The van der Waals surface area contributed by atoms with E-state index >= 15 is 0 Å². The highest BCUT2D eigenvalue weighted by molar-refractivity contribution is 5.99. The van der Waals surface area contributed by atoms with E-state index in [9.17, 15) is 9.59 Å². The summed E-state index contributed by atoms with van der Waals surface area (Å²) in [7, 11) is 0. The molecule has 0 bridgehead atoms. The minimum Gasteiger partial charge on any atom is -0.472 e. The number of fused-ring (bicyclic) bond motifs is 1. The van der Waals surface area contributed by atoms with Crippen LogP contribution >= 0.6 is 0 Å². The van der Waals surface area contributed by atoms with Crippen molar-refractivity contribution in [1.82, 2.24) is 10.3 Å². The Labute approximate surface area is 177 Å². The van der Waals surface area contributed by atoms with Crippen LogP contribution in [-0.4, -0.2) is 29.4 Å². The predicted molar refractivity (Wildman–Crippen MR) is 115 cm³/mol. The standard InChI is InChI=1S/C24H29N3O3/c1-17-11-13-19(14-12-17)26-21(28)10-6-16-27-23-20(9-5-15-25-23)30-22(24(27)29)18-7-3-2-4-8-18/h2-5,7-9,15,17,19,22H,6,10-14,16H2,1H3,(H,26,28). The molecule has 1 aromatic carbocycles. The monoisotopic (exact) mass is 407 g/mol. The van der Waals surface area contributed by atoms with Gasteiger partial charge in [-0.2, -0.15) is 0 Å². The van der Waals surface area contributed by atoms with E-state index in [-0.39, 0.29) is 11.8 Å². The first-order valence-electron chi connectivity index (χ1n) is 10.9. The number of amides is 2. The maximum absolute atomic E-state index is 13.2. The smallest absolute Gasteiger partial charge is 0.274 e. The van der Waals surface area contributed by atoms with E-state index in [1.165, 1.54) is 12.8 Å². The van der Waals surface area contributed by atoms with E-state index in [0.29, 0.717) is 37.0 Å². The summed E-state index contributed by atoms with van der Waals surface area (Å²) in [5.74, 6) is 1.80. The van der Waals surface area contributed by atoms with Crippen LogP contribution in [-0.2, 0) is 9.59 Å². The van der Waals surface area contributed by atoms with E-state index in [1.54, 1.807) is 17.2 Å². The summed E-state index contributed by atoms with van der Waals surface area (Å²) in [6.07, 6.45) is 6.42. The number of benzene rings is 1. The Bertz CT molecular complexity index is 878. The lowest BCUT2D eigenvalue weighted by Crippen LogP contribution is -2.43. The summed E-state index contributed by atoms with van der Waals surface area (Å²) in [5.41, 5.74) is 0.811. The zero-order valence-corrected chi connectivity index (χ0v) is 17.4. The molecule has 6 heteroatoms. The fourth-order valence-electron chi connectivity index (χ4n) is 4.26. The van der Waals surface area contributed by atoms with Crippen molar-refractivity contribution in [2.24, 2.45) is 5.92 Å². The molecule has 2 amide bonds. The molecule has 1 saturated carbocycles. The molecule has 0 saturated heterocycles. The van der Waals surface area contributed by atoms with Crippen LogP contribution < -0.4 is 15.0 Å². The van der Waals surface area contributed by atoms with E-state index in [0.717, 1.165) is 24.3 Å². The summed E-state index contributed by atoms with van der Waals surface area (Å²) >= 11 is 0. The number of aromatic nitrogens is 1. The quantitative estimate of drug-likeness (QED) is 0.785. The molecular weight excluding hydrogens is 378 g/mol. The zero-order valence-electron chi connectivity index (χ0n) is 17.4. The summed E-state index contributed by atoms with van der Waals surface area (Å²) in [6, 6.07) is 13.4. The van der Waals surface area contributed by atoms with Gasteiger partial charge in [-0.25, -0.2) is 4.98 Å². The van der Waals surface area contributed by atoms with Gasteiger partial charge in [-0.3, -0.25) is 14.5 Å². The Morgan fingerprint density at radius 1 is 1.13 bits per heavy atom. The van der Waals surface area contributed by atoms with Gasteiger partial charge in [-0.15, -0.1) is 0 Å². The van der Waals surface area contributed by atoms with Gasteiger partial charge in [-0.05, 0) is 50.2 Å². The number of pyridine rings is 1. The number of carbonyl (C=O) groups is 2. The van der Waals surface area contributed by atoms with Crippen LogP contribution in [0, 0.1) is 5.92 Å². The van der Waals surface area contributed by atoms with Gasteiger partial charge in [0.05, 0.1) is 0 Å². The SMILES string of the molecule is CC1CCC(NC(=O)CCCN2C(=O)C(c3ccccc3)Oc3cccnc32)CC1. The second-order valence-corrected chi connectivity index (χ2v) is 8.35. The first kappa shape index (κ1) is 20.4. The van der Waals surface area contributed by atoms with Crippen molar-refractivity contribution >= 4 is 17.6 Å². The molecule has 0 radical (unpaired) electrons. The molecule has 6 nitrogen and oxygen atoms in total. The van der Waals surface area contributed by atoms with Crippen molar-refractivity contribution in [3.63, 3.8) is 0 Å². The highest BCUT2D eigenvalue weighted by Gasteiger charge is 2.36. The van der Waals surface area contributed by atoms with Gasteiger partial charge in [0.2, 0.25) is 12.0 Å². The van der Waals surface area contributed by atoms with Crippen LogP contribution in [0.25, 0.3) is 0 Å². The molecule has 1 fully saturated rings. The largest absolute Gasteiger partial charge is 0.472 e. The Morgan fingerprint density at radius 2 is 1.90 bits per heavy atom. The lowest BCUT2D eigenvalue weighted by molar-refractivity contribution is -0.127. The molecule has 2 heterocycles. The summed E-state index contributed by atoms with van der Waals surface area (Å²) in [5, 5.41) is 3.16. The first-order chi connectivity index (χ1) is 14.6. The number of anilines is 1. The van der Waals surface area contributed by atoms with Crippen LogP contribution in [0.1, 0.15) is 57.1 Å². The van der Waals surface area contributed by atoms with Crippen molar-refractivity contribution in [3.8, 4) is 5.75 Å². The molecule has 30 heavy (non-hydrogen) atoms. The zero-order chi connectivity index (χ0) is 20.9. The third-order valence-electron chi connectivity index (χ3n) is 6.01. The van der Waals surface area contributed by atoms with E-state index in [2.05, 4.69) is 17.2 Å². The van der Waals surface area contributed by atoms with Gasteiger partial charge >= 0.3 is 0 Å². The topological polar surface area (TPSA) is 71.5 Å². The molecule has 4 rings (SSSR count). The van der Waals surface area contributed by atoms with Crippen molar-refractivity contribution in [2.45, 2.75) is 57.6 Å². The Hall–Kier alpha value is -2.89. The molecule has 158 valence electrons. The fourth-order valence-corrected chi connectivity index (χ4v) is 4.26. The van der Waals surface area contributed by atoms with E-state index in [4.69, 9.17) is 4.74 Å². The van der Waals surface area contributed by atoms with Gasteiger partial charge in [0.1, 0.15) is 0 Å². The Kier molecular flexibility index (Phi) is 6.31. The fraction of sp³-hybridized carbons (Fsp3) is 0.458. The summed E-state index contributed by atoms with van der Waals surface area (Å²) < 4.78 is 5.96. The van der Waals surface area contributed by atoms with Gasteiger partial charge < -0.3 is 10.1 Å². The Balaban J connectivity index is 1.38. The molecule has 1 aliphatic heterocycles. The number of hydrogen-bond donors (Lipinski definition) is 1. The number of hydrogen-bond acceptors (Lipinski definition) is 4. The summed E-state index contributed by atoms with van der Waals surface area (Å²) in [6.45, 7) is 2.70. The van der Waals surface area contributed by atoms with E-state index < -0.39 is 6.10 Å². The van der Waals surface area contributed by atoms with Gasteiger partial charge in [0.15, 0.2) is 11.6 Å². The normalized spacial score (nSPS) is 23.4. The van der Waals surface area contributed by atoms with Gasteiger partial charge in [0, 0.05) is 30.8 Å². The Morgan fingerprint density at radius 3 is 2.67 bits per heavy atom. The highest BCUT2D eigenvalue weighted by atomic mass is 16.5. The van der Waals surface area contributed by atoms with Crippen LogP contribution in [0.15, 0.2) is 48.7 Å². The third-order valence-corrected chi connectivity index (χ3v) is 6.01. The molecule has 1 N–H and O–H groups in total. The predicted octanol–water partition coefficient (Wildman–Crippen LogP) is 4.02. The van der Waals surface area contributed by atoms with Crippen LogP contribution in [0.4, 0.5) is 5.82 Å². The number of nitrogens with one attached hydrogen (secondary N) is 1. The molecule has 2 aliphatic rings. The van der Waals surface area contributed by atoms with Crippen molar-refractivity contribution in [1.29, 1.82) is 0 Å². The number of carbonyl (C=O) groups excluding carboxylic acids is 2. The maximum Gasteiger partial charge on any atom is 0.274 e.